The van der Waals surface area contributed by atoms with Crippen LogP contribution in [0.15, 0.2) is 102 Å². The third-order valence-electron chi connectivity index (χ3n) is 6.23. The average Bonchev–Trinajstić information content (AvgIpc) is 2.92. The van der Waals surface area contributed by atoms with Gasteiger partial charge in [-0.15, -0.1) is 0 Å². The molecule has 4 aromatic carbocycles. The lowest BCUT2D eigenvalue weighted by Crippen LogP contribution is -2.32. The Balaban J connectivity index is 1.76. The van der Waals surface area contributed by atoms with E-state index in [-0.39, 0.29) is 22.7 Å². The van der Waals surface area contributed by atoms with Crippen LogP contribution in [0.5, 0.6) is 0 Å². The molecule has 40 heavy (non-hydrogen) atoms. The molecule has 0 fully saturated rings. The molecule has 11 heteroatoms. The van der Waals surface area contributed by atoms with Gasteiger partial charge in [-0.25, -0.2) is 16.8 Å². The zero-order valence-electron chi connectivity index (χ0n) is 22.1. The molecule has 4 rings (SSSR count). The number of rotatable bonds is 9. The van der Waals surface area contributed by atoms with Crippen molar-refractivity contribution in [2.45, 2.75) is 18.4 Å². The molecule has 0 aliphatic heterocycles. The molecule has 0 atom stereocenters. The average molecular weight is 598 g/mol. The van der Waals surface area contributed by atoms with E-state index < -0.39 is 26.0 Å². The molecule has 0 radical (unpaired) electrons. The van der Waals surface area contributed by atoms with Crippen LogP contribution in [0.2, 0.25) is 5.02 Å². The van der Waals surface area contributed by atoms with Gasteiger partial charge in [0.2, 0.25) is 10.0 Å². The normalized spacial score (nSPS) is 11.6. The molecule has 0 aliphatic rings. The largest absolute Gasteiger partial charge is 0.322 e. The van der Waals surface area contributed by atoms with Gasteiger partial charge in [-0.1, -0.05) is 59.6 Å². The maximum absolute atomic E-state index is 14.0. The highest BCUT2D eigenvalue weighted by atomic mass is 35.5. The van der Waals surface area contributed by atoms with Gasteiger partial charge in [-0.2, -0.15) is 0 Å². The number of anilines is 3. The van der Waals surface area contributed by atoms with Crippen LogP contribution in [-0.2, 0) is 26.6 Å². The number of halogens is 1. The van der Waals surface area contributed by atoms with Crippen molar-refractivity contribution in [3.05, 3.63) is 119 Å². The standard InChI is InChI=1S/C29H28ClN3O5S2/c1-21-11-17-26(18-12-21)40(37,38)33(20-22-13-15-23(30)16-14-22)28-10-5-4-9-27(28)29(34)31-24-7-6-8-25(19-24)32(2)39(3,35)36/h4-19H,20H2,1-3H3,(H,31,34). The number of para-hydroxylation sites is 1. The Morgan fingerprint density at radius 3 is 2.15 bits per heavy atom. The first kappa shape index (κ1) is 29.1. The van der Waals surface area contributed by atoms with Crippen LogP contribution in [0.1, 0.15) is 21.5 Å². The van der Waals surface area contributed by atoms with E-state index in [0.717, 1.165) is 16.1 Å². The molecule has 8 nitrogen and oxygen atoms in total. The molecule has 0 aromatic heterocycles. The number of nitrogens with one attached hydrogen (secondary N) is 1. The van der Waals surface area contributed by atoms with Gasteiger partial charge in [-0.3, -0.25) is 13.4 Å². The zero-order chi connectivity index (χ0) is 29.1. The predicted octanol–water partition coefficient (Wildman–Crippen LogP) is 5.69. The van der Waals surface area contributed by atoms with Crippen molar-refractivity contribution in [3.8, 4) is 0 Å². The summed E-state index contributed by atoms with van der Waals surface area (Å²) in [4.78, 5) is 13.6. The summed E-state index contributed by atoms with van der Waals surface area (Å²) in [5.74, 6) is -0.560. The molecule has 0 aliphatic carbocycles. The van der Waals surface area contributed by atoms with Crippen LogP contribution in [0.4, 0.5) is 17.1 Å². The van der Waals surface area contributed by atoms with Crippen LogP contribution in [0, 0.1) is 6.92 Å². The second kappa shape index (κ2) is 11.7. The van der Waals surface area contributed by atoms with Gasteiger partial charge in [-0.05, 0) is 67.1 Å². The third kappa shape index (κ3) is 6.64. The second-order valence-corrected chi connectivity index (χ2v) is 13.5. The molecular formula is C29H28ClN3O5S2. The van der Waals surface area contributed by atoms with Gasteiger partial charge in [0.25, 0.3) is 15.9 Å². The number of sulfonamides is 2. The molecule has 0 bridgehead atoms. The summed E-state index contributed by atoms with van der Waals surface area (Å²) in [6, 6.07) is 26.1. The van der Waals surface area contributed by atoms with Crippen LogP contribution in [-0.4, -0.2) is 36.0 Å². The molecule has 0 heterocycles. The third-order valence-corrected chi connectivity index (χ3v) is 9.46. The Morgan fingerprint density at radius 1 is 0.850 bits per heavy atom. The van der Waals surface area contributed by atoms with E-state index in [1.165, 1.54) is 35.6 Å². The van der Waals surface area contributed by atoms with Crippen molar-refractivity contribution in [1.82, 2.24) is 0 Å². The molecule has 0 unspecified atom stereocenters. The van der Waals surface area contributed by atoms with Crippen LogP contribution < -0.4 is 13.9 Å². The quantitative estimate of drug-likeness (QED) is 0.267. The monoisotopic (exact) mass is 597 g/mol. The number of aryl methyl sites for hydroxylation is 1. The molecule has 1 amide bonds. The fourth-order valence-electron chi connectivity index (χ4n) is 3.95. The molecule has 1 N–H and O–H groups in total. The summed E-state index contributed by atoms with van der Waals surface area (Å²) in [7, 11) is -6.19. The number of carbonyl (C=O) groups excluding carboxylic acids is 1. The van der Waals surface area contributed by atoms with Crippen molar-refractivity contribution >= 4 is 54.6 Å². The van der Waals surface area contributed by atoms with E-state index in [1.807, 2.05) is 6.92 Å². The second-order valence-electron chi connectivity index (χ2n) is 9.20. The Bertz CT molecular complexity index is 1740. The highest BCUT2D eigenvalue weighted by Crippen LogP contribution is 2.31. The molecule has 0 saturated heterocycles. The Labute approximate surface area is 239 Å². The topological polar surface area (TPSA) is 104 Å². The lowest BCUT2D eigenvalue weighted by Gasteiger charge is -2.27. The molecule has 0 spiro atoms. The highest BCUT2D eigenvalue weighted by Gasteiger charge is 2.29. The minimum atomic E-state index is -4.10. The number of hydrogen-bond donors (Lipinski definition) is 1. The van der Waals surface area contributed by atoms with Crippen molar-refractivity contribution < 1.29 is 21.6 Å². The Hall–Kier alpha value is -3.86. The van der Waals surface area contributed by atoms with Crippen LogP contribution in [0.25, 0.3) is 0 Å². The van der Waals surface area contributed by atoms with E-state index in [2.05, 4.69) is 5.32 Å². The SMILES string of the molecule is Cc1ccc(S(=O)(=O)N(Cc2ccc(Cl)cc2)c2ccccc2C(=O)Nc2cccc(N(C)S(C)(=O)=O)c2)cc1. The number of benzene rings is 4. The van der Waals surface area contributed by atoms with E-state index in [4.69, 9.17) is 11.6 Å². The highest BCUT2D eigenvalue weighted by molar-refractivity contribution is 7.93. The molecular weight excluding hydrogens is 570 g/mol. The van der Waals surface area contributed by atoms with Gasteiger partial charge in [0.15, 0.2) is 0 Å². The minimum absolute atomic E-state index is 0.0493. The molecule has 208 valence electrons. The van der Waals surface area contributed by atoms with E-state index in [9.17, 15) is 21.6 Å². The Kier molecular flexibility index (Phi) is 8.53. The first-order valence-corrected chi connectivity index (χ1v) is 15.8. The lowest BCUT2D eigenvalue weighted by molar-refractivity contribution is 0.102. The summed E-state index contributed by atoms with van der Waals surface area (Å²) in [5, 5.41) is 3.28. The minimum Gasteiger partial charge on any atom is -0.322 e. The fourth-order valence-corrected chi connectivity index (χ4v) is 6.04. The van der Waals surface area contributed by atoms with Gasteiger partial charge in [0.05, 0.1) is 34.6 Å². The smallest absolute Gasteiger partial charge is 0.264 e. The molecule has 0 saturated carbocycles. The maximum atomic E-state index is 14.0. The number of amides is 1. The summed E-state index contributed by atoms with van der Waals surface area (Å²) >= 11 is 6.04. The van der Waals surface area contributed by atoms with Crippen LogP contribution >= 0.6 is 11.6 Å². The van der Waals surface area contributed by atoms with Gasteiger partial charge in [0, 0.05) is 17.8 Å². The van der Waals surface area contributed by atoms with Crippen LogP contribution in [0.3, 0.4) is 0 Å². The first-order valence-electron chi connectivity index (χ1n) is 12.1. The Morgan fingerprint density at radius 2 is 1.50 bits per heavy atom. The number of carbonyl (C=O) groups is 1. The summed E-state index contributed by atoms with van der Waals surface area (Å²) in [6.45, 7) is 1.82. The van der Waals surface area contributed by atoms with Gasteiger partial charge >= 0.3 is 0 Å². The van der Waals surface area contributed by atoms with Crippen molar-refractivity contribution in [1.29, 1.82) is 0 Å². The zero-order valence-corrected chi connectivity index (χ0v) is 24.5. The van der Waals surface area contributed by atoms with E-state index in [1.54, 1.807) is 72.8 Å². The predicted molar refractivity (Wildman–Crippen MR) is 160 cm³/mol. The number of hydrogen-bond acceptors (Lipinski definition) is 5. The summed E-state index contributed by atoms with van der Waals surface area (Å²) in [5.41, 5.74) is 2.59. The van der Waals surface area contributed by atoms with Gasteiger partial charge < -0.3 is 5.32 Å². The van der Waals surface area contributed by atoms with Gasteiger partial charge in [0.1, 0.15) is 0 Å². The number of nitrogens with zero attached hydrogens (tertiary/aromatic N) is 2. The van der Waals surface area contributed by atoms with Crippen molar-refractivity contribution in [2.75, 3.05) is 27.2 Å². The first-order chi connectivity index (χ1) is 18.9. The summed E-state index contributed by atoms with van der Waals surface area (Å²) in [6.07, 6.45) is 1.08. The lowest BCUT2D eigenvalue weighted by atomic mass is 10.1. The van der Waals surface area contributed by atoms with E-state index >= 15 is 0 Å². The van der Waals surface area contributed by atoms with E-state index in [0.29, 0.717) is 22.0 Å². The van der Waals surface area contributed by atoms with Crippen molar-refractivity contribution in [3.63, 3.8) is 0 Å². The fraction of sp³-hybridized carbons (Fsp3) is 0.138. The maximum Gasteiger partial charge on any atom is 0.264 e. The van der Waals surface area contributed by atoms with Crippen molar-refractivity contribution in [2.24, 2.45) is 0 Å². The molecule has 4 aromatic rings. The summed E-state index contributed by atoms with van der Waals surface area (Å²) < 4.78 is 54.2.